The molecule has 0 bridgehead atoms. The van der Waals surface area contributed by atoms with E-state index in [1.807, 2.05) is 0 Å². The summed E-state index contributed by atoms with van der Waals surface area (Å²) in [4.78, 5) is 37.0. The van der Waals surface area contributed by atoms with Gasteiger partial charge in [0, 0.05) is 26.6 Å². The van der Waals surface area contributed by atoms with Crippen molar-refractivity contribution in [1.29, 1.82) is 0 Å². The number of anilines is 1. The lowest BCUT2D eigenvalue weighted by Gasteiger charge is -2.12. The van der Waals surface area contributed by atoms with E-state index in [1.54, 1.807) is 10.6 Å². The summed E-state index contributed by atoms with van der Waals surface area (Å²) in [6.07, 6.45) is 2.09. The second-order valence-electron chi connectivity index (χ2n) is 7.02. The summed E-state index contributed by atoms with van der Waals surface area (Å²) in [5.74, 6) is -0.520. The van der Waals surface area contributed by atoms with Crippen molar-refractivity contribution in [1.82, 2.24) is 23.9 Å². The predicted molar refractivity (Wildman–Crippen MR) is 113 cm³/mol. The maximum absolute atomic E-state index is 12.7. The van der Waals surface area contributed by atoms with E-state index in [2.05, 4.69) is 16.8 Å². The molecular formula is C17H22N6O5S2. The average Bonchev–Trinajstić information content (AvgIpc) is 3.26. The van der Waals surface area contributed by atoms with Crippen molar-refractivity contribution < 1.29 is 13.2 Å². The number of hydrogen-bond acceptors (Lipinski definition) is 9. The zero-order valence-electron chi connectivity index (χ0n) is 16.6. The zero-order valence-corrected chi connectivity index (χ0v) is 18.2. The van der Waals surface area contributed by atoms with Gasteiger partial charge in [-0.05, 0) is 6.42 Å². The lowest BCUT2D eigenvalue weighted by atomic mass is 10.1. The average molecular weight is 455 g/mol. The number of Topliss-reactive ketones (excluding diaryl/α,β-unsaturated/α-hetero) is 1. The number of carbonyl (C=O) groups is 1. The third-order valence-electron chi connectivity index (χ3n) is 4.98. The molecule has 162 valence electrons. The molecule has 1 atom stereocenters. The van der Waals surface area contributed by atoms with Crippen LogP contribution in [0.5, 0.6) is 0 Å². The molecule has 2 aromatic heterocycles. The van der Waals surface area contributed by atoms with E-state index < -0.39 is 26.9 Å². The van der Waals surface area contributed by atoms with Gasteiger partial charge in [0.2, 0.25) is 0 Å². The molecule has 1 saturated heterocycles. The van der Waals surface area contributed by atoms with E-state index in [4.69, 9.17) is 5.73 Å². The van der Waals surface area contributed by atoms with Crippen LogP contribution in [0.1, 0.15) is 28.5 Å². The number of nitrogens with two attached hydrogens (primary N) is 1. The summed E-state index contributed by atoms with van der Waals surface area (Å²) in [7, 11) is -0.443. The molecule has 0 radical (unpaired) electrons. The van der Waals surface area contributed by atoms with Crippen molar-refractivity contribution in [3.05, 3.63) is 44.9 Å². The fourth-order valence-corrected chi connectivity index (χ4v) is 5.90. The van der Waals surface area contributed by atoms with Gasteiger partial charge in [0.05, 0.1) is 17.3 Å². The number of nitrogen functional groups attached to an aromatic ring is 1. The highest BCUT2D eigenvalue weighted by Crippen LogP contribution is 2.30. The normalized spacial score (nSPS) is 17.9. The smallest absolute Gasteiger partial charge is 0.332 e. The van der Waals surface area contributed by atoms with Crippen molar-refractivity contribution in [3.8, 4) is 0 Å². The van der Waals surface area contributed by atoms with Crippen LogP contribution in [0.4, 0.5) is 5.82 Å². The number of carbonyl (C=O) groups excluding carboxylic acids is 1. The van der Waals surface area contributed by atoms with Gasteiger partial charge >= 0.3 is 5.69 Å². The van der Waals surface area contributed by atoms with Gasteiger partial charge in [-0.2, -0.15) is 0 Å². The second kappa shape index (κ2) is 8.22. The fourth-order valence-electron chi connectivity index (χ4n) is 3.33. The van der Waals surface area contributed by atoms with Crippen LogP contribution in [0.15, 0.2) is 27.4 Å². The van der Waals surface area contributed by atoms with E-state index in [9.17, 15) is 22.8 Å². The Bertz CT molecular complexity index is 1240. The predicted octanol–water partition coefficient (Wildman–Crippen LogP) is -0.679. The number of aromatic nitrogens is 5. The summed E-state index contributed by atoms with van der Waals surface area (Å²) in [6.45, 7) is 4.05. The molecule has 3 heterocycles. The largest absolute Gasteiger partial charge is 0.384 e. The van der Waals surface area contributed by atoms with Crippen LogP contribution < -0.4 is 17.0 Å². The lowest BCUT2D eigenvalue weighted by molar-refractivity contribution is 0.102. The second-order valence-corrected chi connectivity index (χ2v) is 10.2. The molecular weight excluding hydrogens is 432 g/mol. The molecule has 2 N–H and O–H groups in total. The molecule has 0 aliphatic carbocycles. The molecule has 1 aliphatic rings. The Morgan fingerprint density at radius 3 is 2.60 bits per heavy atom. The van der Waals surface area contributed by atoms with Crippen molar-refractivity contribution in [3.63, 3.8) is 0 Å². The summed E-state index contributed by atoms with van der Waals surface area (Å²) in [5.41, 5.74) is 4.19. The third-order valence-corrected chi connectivity index (χ3v) is 7.71. The number of ketones is 1. The summed E-state index contributed by atoms with van der Waals surface area (Å²) >= 11 is 1.05. The molecule has 2 aromatic rings. The quantitative estimate of drug-likeness (QED) is 0.326. The van der Waals surface area contributed by atoms with Gasteiger partial charge in [0.15, 0.2) is 20.8 Å². The molecule has 0 aromatic carbocycles. The Kier molecular flexibility index (Phi) is 6.04. The minimum Gasteiger partial charge on any atom is -0.384 e. The van der Waals surface area contributed by atoms with Gasteiger partial charge in [0.25, 0.3) is 5.56 Å². The Balaban J connectivity index is 1.87. The molecule has 13 heteroatoms. The first kappa shape index (κ1) is 22.0. The van der Waals surface area contributed by atoms with Crippen LogP contribution >= 0.6 is 11.8 Å². The van der Waals surface area contributed by atoms with Gasteiger partial charge in [-0.3, -0.25) is 18.7 Å². The van der Waals surface area contributed by atoms with Gasteiger partial charge in [-0.1, -0.05) is 17.8 Å². The van der Waals surface area contributed by atoms with Crippen LogP contribution in [0, 0.1) is 0 Å². The zero-order chi connectivity index (χ0) is 22.2. The highest BCUT2D eigenvalue weighted by atomic mass is 32.2. The van der Waals surface area contributed by atoms with Gasteiger partial charge in [-0.25, -0.2) is 13.2 Å². The Morgan fingerprint density at radius 1 is 1.30 bits per heavy atom. The van der Waals surface area contributed by atoms with Crippen molar-refractivity contribution >= 4 is 33.2 Å². The summed E-state index contributed by atoms with van der Waals surface area (Å²) < 4.78 is 27.2. The number of thioether (sulfide) groups is 1. The first-order valence-electron chi connectivity index (χ1n) is 9.03. The van der Waals surface area contributed by atoms with Gasteiger partial charge in [-0.15, -0.1) is 16.8 Å². The molecule has 11 nitrogen and oxygen atoms in total. The van der Waals surface area contributed by atoms with Crippen LogP contribution in [0.3, 0.4) is 0 Å². The fraction of sp³-hybridized carbons (Fsp3) is 0.471. The molecule has 1 fully saturated rings. The number of sulfone groups is 1. The molecule has 3 rings (SSSR count). The Hall–Kier alpha value is -2.67. The highest BCUT2D eigenvalue weighted by molar-refractivity contribution is 7.99. The molecule has 1 unspecified atom stereocenters. The van der Waals surface area contributed by atoms with Crippen LogP contribution in [0.2, 0.25) is 0 Å². The maximum atomic E-state index is 12.7. The first-order chi connectivity index (χ1) is 14.1. The molecule has 0 saturated carbocycles. The monoisotopic (exact) mass is 454 g/mol. The van der Waals surface area contributed by atoms with Crippen molar-refractivity contribution in [2.75, 3.05) is 23.0 Å². The Labute approximate surface area is 176 Å². The number of allylic oxidation sites excluding steroid dienone is 1. The summed E-state index contributed by atoms with van der Waals surface area (Å²) in [6, 6.07) is 0. The van der Waals surface area contributed by atoms with E-state index in [0.717, 1.165) is 20.9 Å². The number of nitrogens with zero attached hydrogens (tertiary/aromatic N) is 5. The molecule has 1 aliphatic heterocycles. The van der Waals surface area contributed by atoms with Crippen LogP contribution in [0.25, 0.3) is 0 Å². The Morgan fingerprint density at radius 2 is 2.00 bits per heavy atom. The number of rotatable bonds is 7. The van der Waals surface area contributed by atoms with Gasteiger partial charge in [0.1, 0.15) is 17.2 Å². The lowest BCUT2D eigenvalue weighted by Crippen LogP contribution is -2.41. The van der Waals surface area contributed by atoms with E-state index in [0.29, 0.717) is 23.9 Å². The topological polar surface area (TPSA) is 152 Å². The van der Waals surface area contributed by atoms with Crippen molar-refractivity contribution in [2.45, 2.75) is 24.0 Å². The third kappa shape index (κ3) is 3.99. The minimum atomic E-state index is -3.10. The van der Waals surface area contributed by atoms with E-state index >= 15 is 0 Å². The minimum absolute atomic E-state index is 0.0104. The van der Waals surface area contributed by atoms with E-state index in [1.165, 1.54) is 14.1 Å². The van der Waals surface area contributed by atoms with Crippen LogP contribution in [-0.2, 0) is 30.5 Å². The molecule has 0 amide bonds. The van der Waals surface area contributed by atoms with E-state index in [-0.39, 0.29) is 34.6 Å². The molecule has 30 heavy (non-hydrogen) atoms. The van der Waals surface area contributed by atoms with Gasteiger partial charge < -0.3 is 10.3 Å². The summed E-state index contributed by atoms with van der Waals surface area (Å²) in [5, 5.41) is 8.64. The van der Waals surface area contributed by atoms with Crippen molar-refractivity contribution in [2.24, 2.45) is 14.1 Å². The maximum Gasteiger partial charge on any atom is 0.332 e. The standard InChI is InChI=1S/C17H22N6O5S2/c1-4-6-23-14(10-5-7-30(27,28)9-10)19-20-16(23)29-8-11(24)12-13(18)21(2)17(26)22(3)15(12)25/h4,10H,1,5-9,18H2,2-3H3. The highest BCUT2D eigenvalue weighted by Gasteiger charge is 2.33. The van der Waals surface area contributed by atoms with Crippen LogP contribution in [-0.4, -0.2) is 55.4 Å². The number of hydrogen-bond donors (Lipinski definition) is 1. The molecule has 0 spiro atoms. The SMILES string of the molecule is C=CCn1c(SCC(=O)c2c(N)n(C)c(=O)n(C)c2=O)nnc1C1CCS(=O)(=O)C1. The first-order valence-corrected chi connectivity index (χ1v) is 11.8.